The van der Waals surface area contributed by atoms with Gasteiger partial charge in [-0.1, -0.05) is 19.1 Å². The standard InChI is InChI=1S/C18H22N4O2/c1-2-13-5-7-14(8-6-13)22-18(23)16-11-21-17(12-19-16)20-10-15-4-3-9-24-15/h5-8,11-12,15H,2-4,9-10H2,1H3,(H,20,21)(H,22,23). The molecule has 2 aromatic rings. The minimum atomic E-state index is -0.266. The Bertz CT molecular complexity index is 664. The van der Waals surface area contributed by atoms with E-state index < -0.39 is 0 Å². The van der Waals surface area contributed by atoms with Gasteiger partial charge in [0.2, 0.25) is 0 Å². The van der Waals surface area contributed by atoms with Crippen LogP contribution < -0.4 is 10.6 Å². The van der Waals surface area contributed by atoms with E-state index in [1.165, 1.54) is 11.8 Å². The average molecular weight is 326 g/mol. The van der Waals surface area contributed by atoms with Crippen molar-refractivity contribution in [2.45, 2.75) is 32.3 Å². The highest BCUT2D eigenvalue weighted by molar-refractivity contribution is 6.02. The number of carbonyl (C=O) groups excluding carboxylic acids is 1. The van der Waals surface area contributed by atoms with Crippen LogP contribution in [0.4, 0.5) is 11.5 Å². The van der Waals surface area contributed by atoms with E-state index in [0.717, 1.165) is 31.6 Å². The molecular formula is C18H22N4O2. The second kappa shape index (κ2) is 7.88. The third-order valence-corrected chi connectivity index (χ3v) is 4.04. The number of ether oxygens (including phenoxy) is 1. The van der Waals surface area contributed by atoms with Crippen molar-refractivity contribution in [2.75, 3.05) is 23.8 Å². The number of aryl methyl sites for hydroxylation is 1. The van der Waals surface area contributed by atoms with Crippen LogP contribution in [0.5, 0.6) is 0 Å². The van der Waals surface area contributed by atoms with Crippen LogP contribution >= 0.6 is 0 Å². The first-order valence-corrected chi connectivity index (χ1v) is 8.32. The lowest BCUT2D eigenvalue weighted by Crippen LogP contribution is -2.19. The van der Waals surface area contributed by atoms with Gasteiger partial charge in [-0.25, -0.2) is 9.97 Å². The molecule has 1 aliphatic heterocycles. The largest absolute Gasteiger partial charge is 0.376 e. The molecule has 24 heavy (non-hydrogen) atoms. The molecule has 2 N–H and O–H groups in total. The monoisotopic (exact) mass is 326 g/mol. The molecule has 1 aromatic carbocycles. The third kappa shape index (κ3) is 4.29. The van der Waals surface area contributed by atoms with E-state index in [1.54, 1.807) is 6.20 Å². The van der Waals surface area contributed by atoms with Gasteiger partial charge < -0.3 is 15.4 Å². The molecule has 1 aromatic heterocycles. The Morgan fingerprint density at radius 1 is 1.25 bits per heavy atom. The van der Waals surface area contributed by atoms with E-state index in [4.69, 9.17) is 4.74 Å². The topological polar surface area (TPSA) is 76.1 Å². The lowest BCUT2D eigenvalue weighted by molar-refractivity contribution is 0.102. The molecule has 126 valence electrons. The van der Waals surface area contributed by atoms with E-state index in [-0.39, 0.29) is 17.7 Å². The van der Waals surface area contributed by atoms with Gasteiger partial charge in [0.25, 0.3) is 5.91 Å². The Kier molecular flexibility index (Phi) is 5.38. The lowest BCUT2D eigenvalue weighted by atomic mass is 10.1. The van der Waals surface area contributed by atoms with Crippen molar-refractivity contribution in [1.29, 1.82) is 0 Å². The predicted octanol–water partition coefficient (Wildman–Crippen LogP) is 2.88. The van der Waals surface area contributed by atoms with Crippen molar-refractivity contribution >= 4 is 17.4 Å². The van der Waals surface area contributed by atoms with Gasteiger partial charge in [0.05, 0.1) is 18.5 Å². The predicted molar refractivity (Wildman–Crippen MR) is 93.3 cm³/mol. The molecule has 0 bridgehead atoms. The van der Waals surface area contributed by atoms with E-state index in [9.17, 15) is 4.79 Å². The molecule has 1 saturated heterocycles. The first kappa shape index (κ1) is 16.4. The zero-order valence-electron chi connectivity index (χ0n) is 13.8. The van der Waals surface area contributed by atoms with Gasteiger partial charge in [-0.2, -0.15) is 0 Å². The first-order chi connectivity index (χ1) is 11.7. The third-order valence-electron chi connectivity index (χ3n) is 4.04. The van der Waals surface area contributed by atoms with E-state index >= 15 is 0 Å². The fourth-order valence-corrected chi connectivity index (χ4v) is 2.58. The summed E-state index contributed by atoms with van der Waals surface area (Å²) in [6.45, 7) is 3.64. The average Bonchev–Trinajstić information content (AvgIpc) is 3.14. The van der Waals surface area contributed by atoms with Gasteiger partial charge in [0.15, 0.2) is 0 Å². The molecule has 0 radical (unpaired) electrons. The maximum Gasteiger partial charge on any atom is 0.275 e. The molecule has 1 fully saturated rings. The summed E-state index contributed by atoms with van der Waals surface area (Å²) >= 11 is 0. The maximum atomic E-state index is 12.2. The summed E-state index contributed by atoms with van der Waals surface area (Å²) in [6.07, 6.45) is 6.44. The molecular weight excluding hydrogens is 304 g/mol. The summed E-state index contributed by atoms with van der Waals surface area (Å²) in [6, 6.07) is 7.78. The van der Waals surface area contributed by atoms with Crippen LogP contribution in [0, 0.1) is 0 Å². The molecule has 0 saturated carbocycles. The van der Waals surface area contributed by atoms with Crippen LogP contribution in [0.1, 0.15) is 35.8 Å². The van der Waals surface area contributed by atoms with Crippen LogP contribution in [0.2, 0.25) is 0 Å². The number of amides is 1. The Balaban J connectivity index is 1.54. The summed E-state index contributed by atoms with van der Waals surface area (Å²) in [5.41, 5.74) is 2.27. The van der Waals surface area contributed by atoms with Crippen molar-refractivity contribution in [3.8, 4) is 0 Å². The van der Waals surface area contributed by atoms with Crippen molar-refractivity contribution < 1.29 is 9.53 Å². The number of nitrogens with one attached hydrogen (secondary N) is 2. The summed E-state index contributed by atoms with van der Waals surface area (Å²) in [5.74, 6) is 0.381. The maximum absolute atomic E-state index is 12.2. The molecule has 2 heterocycles. The molecule has 0 aliphatic carbocycles. The Morgan fingerprint density at radius 3 is 2.71 bits per heavy atom. The molecule has 1 aliphatic rings. The number of nitrogens with zero attached hydrogens (tertiary/aromatic N) is 2. The zero-order valence-corrected chi connectivity index (χ0v) is 13.8. The van der Waals surface area contributed by atoms with Crippen molar-refractivity contribution in [3.63, 3.8) is 0 Å². The van der Waals surface area contributed by atoms with Crippen molar-refractivity contribution in [3.05, 3.63) is 47.9 Å². The summed E-state index contributed by atoms with van der Waals surface area (Å²) in [7, 11) is 0. The first-order valence-electron chi connectivity index (χ1n) is 8.32. The minimum Gasteiger partial charge on any atom is -0.376 e. The highest BCUT2D eigenvalue weighted by Crippen LogP contribution is 2.13. The molecule has 6 heteroatoms. The zero-order chi connectivity index (χ0) is 16.8. The Hall–Kier alpha value is -2.47. The smallest absolute Gasteiger partial charge is 0.275 e. The Labute approximate surface area is 141 Å². The number of anilines is 2. The number of rotatable bonds is 6. The summed E-state index contributed by atoms with van der Waals surface area (Å²) in [5, 5.41) is 6.01. The van der Waals surface area contributed by atoms with Gasteiger partial charge in [-0.05, 0) is 37.0 Å². The van der Waals surface area contributed by atoms with Crippen molar-refractivity contribution in [2.24, 2.45) is 0 Å². The van der Waals surface area contributed by atoms with Crippen LogP contribution in [-0.4, -0.2) is 35.1 Å². The number of hydrogen-bond donors (Lipinski definition) is 2. The van der Waals surface area contributed by atoms with Crippen molar-refractivity contribution in [1.82, 2.24) is 9.97 Å². The lowest BCUT2D eigenvalue weighted by Gasteiger charge is -2.11. The molecule has 0 spiro atoms. The van der Waals surface area contributed by atoms with Crippen LogP contribution in [0.25, 0.3) is 0 Å². The fourth-order valence-electron chi connectivity index (χ4n) is 2.58. The quantitative estimate of drug-likeness (QED) is 0.853. The SMILES string of the molecule is CCc1ccc(NC(=O)c2cnc(NCC3CCCO3)cn2)cc1. The second-order valence-corrected chi connectivity index (χ2v) is 5.81. The normalized spacial score (nSPS) is 16.8. The van der Waals surface area contributed by atoms with Crippen LogP contribution in [-0.2, 0) is 11.2 Å². The minimum absolute atomic E-state index is 0.237. The number of benzene rings is 1. The van der Waals surface area contributed by atoms with Gasteiger partial charge in [-0.15, -0.1) is 0 Å². The van der Waals surface area contributed by atoms with Gasteiger partial charge >= 0.3 is 0 Å². The van der Waals surface area contributed by atoms with Crippen LogP contribution in [0.3, 0.4) is 0 Å². The highest BCUT2D eigenvalue weighted by atomic mass is 16.5. The van der Waals surface area contributed by atoms with Gasteiger partial charge in [0, 0.05) is 18.8 Å². The number of hydrogen-bond acceptors (Lipinski definition) is 5. The van der Waals surface area contributed by atoms with Crippen LogP contribution in [0.15, 0.2) is 36.7 Å². The van der Waals surface area contributed by atoms with E-state index in [2.05, 4.69) is 27.5 Å². The molecule has 6 nitrogen and oxygen atoms in total. The summed E-state index contributed by atoms with van der Waals surface area (Å²) in [4.78, 5) is 20.6. The second-order valence-electron chi connectivity index (χ2n) is 5.81. The van der Waals surface area contributed by atoms with E-state index in [0.29, 0.717) is 12.4 Å². The highest BCUT2D eigenvalue weighted by Gasteiger charge is 2.15. The summed E-state index contributed by atoms with van der Waals surface area (Å²) < 4.78 is 5.54. The molecule has 1 amide bonds. The van der Waals surface area contributed by atoms with Gasteiger partial charge in [0.1, 0.15) is 11.5 Å². The molecule has 1 atom stereocenters. The number of carbonyl (C=O) groups is 1. The Morgan fingerprint density at radius 2 is 2.08 bits per heavy atom. The molecule has 3 rings (SSSR count). The molecule has 1 unspecified atom stereocenters. The number of aromatic nitrogens is 2. The fraction of sp³-hybridized carbons (Fsp3) is 0.389. The van der Waals surface area contributed by atoms with E-state index in [1.807, 2.05) is 24.3 Å². The van der Waals surface area contributed by atoms with Gasteiger partial charge in [-0.3, -0.25) is 4.79 Å².